The van der Waals surface area contributed by atoms with Gasteiger partial charge in [-0.25, -0.2) is 0 Å². The zero-order valence-electron chi connectivity index (χ0n) is 10.6. The second-order valence-corrected chi connectivity index (χ2v) is 4.11. The molecule has 8 heteroatoms. The van der Waals surface area contributed by atoms with E-state index in [1.54, 1.807) is 0 Å². The first-order valence-electron chi connectivity index (χ1n) is 6.06. The highest BCUT2D eigenvalue weighted by Crippen LogP contribution is 2.11. The molecular weight excluding hydrogens is 242 g/mol. The molecule has 0 aliphatic rings. The Bertz CT molecular complexity index is 279. The summed E-state index contributed by atoms with van der Waals surface area (Å²) in [4.78, 5) is 9.48. The molecule has 0 aromatic heterocycles. The smallest absolute Gasteiger partial charge is 0.483 e. The van der Waals surface area contributed by atoms with Crippen LogP contribution in [-0.2, 0) is 0 Å². The molecule has 2 N–H and O–H groups in total. The summed E-state index contributed by atoms with van der Waals surface area (Å²) in [5.74, 6) is 0. The van der Waals surface area contributed by atoms with Gasteiger partial charge in [-0.15, -0.1) is 0 Å². The fraction of sp³-hybridized carbons (Fsp3) is 1.00. The zero-order valence-corrected chi connectivity index (χ0v) is 10.6. The number of aliphatic hydroxyl groups excluding tert-OH is 2. The van der Waals surface area contributed by atoms with Gasteiger partial charge < -0.3 is 15.4 Å². The third-order valence-electron chi connectivity index (χ3n) is 2.69. The molecule has 0 aromatic rings. The Morgan fingerprint density at radius 2 is 1.67 bits per heavy atom. The topological polar surface area (TPSA) is 122 Å². The molecule has 0 radical (unpaired) electrons. The minimum absolute atomic E-state index is 0.156. The highest BCUT2D eigenvalue weighted by molar-refractivity contribution is 4.62. The highest BCUT2D eigenvalue weighted by Gasteiger charge is 2.53. The monoisotopic (exact) mass is 263 g/mol. The van der Waals surface area contributed by atoms with Crippen molar-refractivity contribution in [1.82, 2.24) is 0 Å². The Morgan fingerprint density at radius 3 is 2.11 bits per heavy atom. The van der Waals surface area contributed by atoms with E-state index in [1.165, 1.54) is 0 Å². The average Bonchev–Trinajstić information content (AvgIpc) is 2.35. The van der Waals surface area contributed by atoms with Crippen LogP contribution in [-0.4, -0.2) is 45.4 Å². The predicted molar refractivity (Wildman–Crippen MR) is 63.6 cm³/mol. The number of rotatable bonds is 10. The summed E-state index contributed by atoms with van der Waals surface area (Å²) >= 11 is 0. The lowest BCUT2D eigenvalue weighted by Gasteiger charge is -2.16. The van der Waals surface area contributed by atoms with Crippen LogP contribution in [0.5, 0.6) is 0 Å². The van der Waals surface area contributed by atoms with Crippen LogP contribution in [0.4, 0.5) is 0 Å². The number of nitrogens with zero attached hydrogens (tertiary/aromatic N) is 3. The molecule has 0 rings (SSSR count). The van der Waals surface area contributed by atoms with E-state index in [0.717, 1.165) is 25.7 Å². The van der Waals surface area contributed by atoms with E-state index in [0.29, 0.717) is 6.42 Å². The summed E-state index contributed by atoms with van der Waals surface area (Å²) in [6.45, 7) is 0.0686. The van der Waals surface area contributed by atoms with Crippen molar-refractivity contribution in [3.05, 3.63) is 15.3 Å². The standard InChI is InChI=1S/C10H21N3O5/c1-2-3-4-5-6-7-11-12(16)10(8-14,9-15)13(17)18/h14-15H,2-9H2,1H3. The van der Waals surface area contributed by atoms with Gasteiger partial charge in [-0.2, -0.15) is 0 Å². The van der Waals surface area contributed by atoms with Crippen LogP contribution in [0.15, 0.2) is 5.11 Å². The molecule has 0 unspecified atom stereocenters. The van der Waals surface area contributed by atoms with Gasteiger partial charge in [0.2, 0.25) is 0 Å². The molecule has 0 spiro atoms. The van der Waals surface area contributed by atoms with Gasteiger partial charge in [-0.3, -0.25) is 10.1 Å². The summed E-state index contributed by atoms with van der Waals surface area (Å²) in [7, 11) is 0. The Hall–Kier alpha value is -1.28. The largest absolute Gasteiger partial charge is 0.594 e. The van der Waals surface area contributed by atoms with Gasteiger partial charge in [0.25, 0.3) is 0 Å². The fourth-order valence-corrected chi connectivity index (χ4v) is 1.36. The van der Waals surface area contributed by atoms with Gasteiger partial charge in [0.1, 0.15) is 11.5 Å². The fourth-order valence-electron chi connectivity index (χ4n) is 1.36. The lowest BCUT2D eigenvalue weighted by atomic mass is 10.2. The summed E-state index contributed by atoms with van der Waals surface area (Å²) in [5.41, 5.74) is -2.47. The van der Waals surface area contributed by atoms with E-state index in [-0.39, 0.29) is 11.4 Å². The Kier molecular flexibility index (Phi) is 8.14. The summed E-state index contributed by atoms with van der Waals surface area (Å²) in [5, 5.41) is 43.4. The van der Waals surface area contributed by atoms with Crippen LogP contribution in [0.25, 0.3) is 0 Å². The second kappa shape index (κ2) is 8.76. The maximum absolute atomic E-state index is 11.4. The van der Waals surface area contributed by atoms with E-state index in [9.17, 15) is 15.3 Å². The van der Waals surface area contributed by atoms with Crippen molar-refractivity contribution in [3.8, 4) is 0 Å². The van der Waals surface area contributed by atoms with Crippen LogP contribution in [0.3, 0.4) is 0 Å². The normalized spacial score (nSPS) is 12.7. The van der Waals surface area contributed by atoms with Crippen molar-refractivity contribution in [2.45, 2.75) is 44.7 Å². The van der Waals surface area contributed by atoms with Crippen molar-refractivity contribution < 1.29 is 20.0 Å². The van der Waals surface area contributed by atoms with E-state index in [1.807, 2.05) is 0 Å². The Labute approximate surface area is 106 Å². The number of hydrogen-bond acceptors (Lipinski definition) is 6. The molecule has 0 saturated heterocycles. The van der Waals surface area contributed by atoms with E-state index < -0.39 is 23.8 Å². The van der Waals surface area contributed by atoms with Crippen molar-refractivity contribution >= 4 is 0 Å². The third kappa shape index (κ3) is 4.53. The van der Waals surface area contributed by atoms with Crippen molar-refractivity contribution in [3.63, 3.8) is 0 Å². The molecule has 0 aliphatic heterocycles. The Balaban J connectivity index is 4.32. The van der Waals surface area contributed by atoms with Gasteiger partial charge in [0, 0.05) is 0 Å². The molecule has 0 aliphatic carbocycles. The lowest BCUT2D eigenvalue weighted by molar-refractivity contribution is -0.819. The molecule has 0 saturated carbocycles. The summed E-state index contributed by atoms with van der Waals surface area (Å²) < 4.78 is 0. The number of unbranched alkanes of at least 4 members (excludes halogenated alkanes) is 4. The van der Waals surface area contributed by atoms with Crippen molar-refractivity contribution in [1.29, 1.82) is 0 Å². The van der Waals surface area contributed by atoms with Crippen molar-refractivity contribution in [2.24, 2.45) is 5.11 Å². The van der Waals surface area contributed by atoms with Crippen LogP contribution in [0, 0.1) is 15.3 Å². The molecule has 8 nitrogen and oxygen atoms in total. The molecule has 0 amide bonds. The summed E-state index contributed by atoms with van der Waals surface area (Å²) in [6, 6.07) is 0. The third-order valence-corrected chi connectivity index (χ3v) is 2.69. The first-order chi connectivity index (χ1) is 8.55. The van der Waals surface area contributed by atoms with Crippen molar-refractivity contribution in [2.75, 3.05) is 19.8 Å². The number of hydrogen-bond donors (Lipinski definition) is 2. The number of aliphatic hydroxyl groups is 2. The van der Waals surface area contributed by atoms with Gasteiger partial charge in [0.15, 0.2) is 13.2 Å². The lowest BCUT2D eigenvalue weighted by Crippen LogP contribution is -2.53. The van der Waals surface area contributed by atoms with E-state index >= 15 is 0 Å². The molecular formula is C10H21N3O5. The second-order valence-electron chi connectivity index (χ2n) is 4.11. The molecule has 106 valence electrons. The maximum atomic E-state index is 11.4. The molecule has 18 heavy (non-hydrogen) atoms. The Morgan fingerprint density at radius 1 is 1.11 bits per heavy atom. The van der Waals surface area contributed by atoms with Gasteiger partial charge in [-0.1, -0.05) is 32.6 Å². The SMILES string of the molecule is CCCCCCCN=[N+]([O-])C(CO)(CO)[N+](=O)[O-]. The van der Waals surface area contributed by atoms with Crippen LogP contribution < -0.4 is 0 Å². The zero-order chi connectivity index (χ0) is 14.0. The number of hydroxylamine groups is 1. The minimum Gasteiger partial charge on any atom is -0.594 e. The first kappa shape index (κ1) is 16.7. The molecule has 0 aromatic carbocycles. The van der Waals surface area contributed by atoms with Crippen LogP contribution >= 0.6 is 0 Å². The van der Waals surface area contributed by atoms with E-state index in [2.05, 4.69) is 12.0 Å². The van der Waals surface area contributed by atoms with Gasteiger partial charge in [-0.05, 0) is 16.4 Å². The predicted octanol–water partition coefficient (Wildman–Crippen LogP) is 0.877. The highest BCUT2D eigenvalue weighted by atomic mass is 16.7. The molecule has 0 heterocycles. The average molecular weight is 263 g/mol. The number of azo groups is 1. The summed E-state index contributed by atoms with van der Waals surface area (Å²) in [6.07, 6.45) is 4.79. The van der Waals surface area contributed by atoms with E-state index in [4.69, 9.17) is 10.2 Å². The van der Waals surface area contributed by atoms with Crippen LogP contribution in [0.1, 0.15) is 39.0 Å². The molecule has 0 bridgehead atoms. The number of nitro groups is 1. The first-order valence-corrected chi connectivity index (χ1v) is 6.06. The molecule has 0 fully saturated rings. The van der Waals surface area contributed by atoms with Gasteiger partial charge >= 0.3 is 5.66 Å². The maximum Gasteiger partial charge on any atom is 0.483 e. The van der Waals surface area contributed by atoms with Crippen LogP contribution in [0.2, 0.25) is 0 Å². The quantitative estimate of drug-likeness (QED) is 0.151. The molecule has 0 atom stereocenters. The van der Waals surface area contributed by atoms with Gasteiger partial charge in [0.05, 0.1) is 0 Å². The minimum atomic E-state index is -2.47.